The van der Waals surface area contributed by atoms with Gasteiger partial charge in [0.25, 0.3) is 5.91 Å². The molecule has 0 bridgehead atoms. The van der Waals surface area contributed by atoms with E-state index in [1.54, 1.807) is 0 Å². The summed E-state index contributed by atoms with van der Waals surface area (Å²) in [5.41, 5.74) is 5.74. The number of para-hydroxylation sites is 1. The molecule has 2 heterocycles. The first-order valence-electron chi connectivity index (χ1n) is 10.5. The van der Waals surface area contributed by atoms with Gasteiger partial charge >= 0.3 is 0 Å². The van der Waals surface area contributed by atoms with E-state index in [4.69, 9.17) is 4.98 Å². The molecule has 0 saturated heterocycles. The second-order valence-electron chi connectivity index (χ2n) is 8.95. The van der Waals surface area contributed by atoms with Gasteiger partial charge in [-0.25, -0.2) is 4.98 Å². The maximum absolute atomic E-state index is 13.3. The van der Waals surface area contributed by atoms with Crippen molar-refractivity contribution >= 4 is 33.1 Å². The van der Waals surface area contributed by atoms with Gasteiger partial charge in [0.05, 0.1) is 22.3 Å². The summed E-state index contributed by atoms with van der Waals surface area (Å²) in [6.45, 7) is 10.4. The number of aromatic nitrogens is 1. The molecule has 0 unspecified atom stereocenters. The normalized spacial score (nSPS) is 11.4. The smallest absolute Gasteiger partial charge is 0.257 e. The van der Waals surface area contributed by atoms with Crippen LogP contribution in [-0.4, -0.2) is 10.9 Å². The monoisotopic (exact) mass is 439 g/mol. The number of anilines is 1. The minimum atomic E-state index is -0.242. The van der Waals surface area contributed by atoms with Crippen molar-refractivity contribution in [2.75, 3.05) is 5.32 Å². The van der Waals surface area contributed by atoms with Gasteiger partial charge in [0.15, 0.2) is 0 Å². The number of nitrogens with one attached hydrogen (secondary N) is 1. The molecule has 4 nitrogen and oxygen atoms in total. The fourth-order valence-corrected chi connectivity index (χ4v) is 4.68. The fraction of sp³-hybridized carbons (Fsp3) is 0.222. The van der Waals surface area contributed by atoms with Crippen LogP contribution in [0.3, 0.4) is 0 Å². The number of nitrogens with zero attached hydrogens (tertiary/aromatic N) is 2. The molecule has 0 atom stereocenters. The molecule has 0 aliphatic carbocycles. The Hall–Kier alpha value is -3.49. The summed E-state index contributed by atoms with van der Waals surface area (Å²) in [5, 5.41) is 13.9. The number of amides is 1. The van der Waals surface area contributed by atoms with Crippen LogP contribution in [0.4, 0.5) is 5.00 Å². The van der Waals surface area contributed by atoms with Crippen LogP contribution in [0.5, 0.6) is 0 Å². The molecule has 2 aromatic carbocycles. The van der Waals surface area contributed by atoms with E-state index in [1.807, 2.05) is 44.2 Å². The van der Waals surface area contributed by atoms with Gasteiger partial charge in [-0.3, -0.25) is 4.79 Å². The van der Waals surface area contributed by atoms with Crippen molar-refractivity contribution in [3.63, 3.8) is 0 Å². The van der Waals surface area contributed by atoms with Crippen molar-refractivity contribution in [2.45, 2.75) is 40.0 Å². The number of fused-ring (bicyclic) bond motifs is 1. The molecule has 0 aliphatic rings. The third kappa shape index (κ3) is 4.02. The van der Waals surface area contributed by atoms with E-state index in [0.29, 0.717) is 16.1 Å². The molecule has 2 aromatic heterocycles. The Labute approximate surface area is 192 Å². The van der Waals surface area contributed by atoms with Crippen LogP contribution in [0.15, 0.2) is 54.6 Å². The first-order valence-corrected chi connectivity index (χ1v) is 11.3. The number of pyridine rings is 1. The molecule has 0 aliphatic heterocycles. The largest absolute Gasteiger partial charge is 0.312 e. The Bertz CT molecular complexity index is 1370. The van der Waals surface area contributed by atoms with Crippen molar-refractivity contribution in [1.82, 2.24) is 4.98 Å². The lowest BCUT2D eigenvalue weighted by molar-refractivity contribution is 0.102. The molecule has 1 N–H and O–H groups in total. The number of carbonyl (C=O) groups is 1. The Morgan fingerprint density at radius 2 is 1.75 bits per heavy atom. The van der Waals surface area contributed by atoms with Crippen molar-refractivity contribution in [2.24, 2.45) is 0 Å². The van der Waals surface area contributed by atoms with Crippen molar-refractivity contribution in [1.29, 1.82) is 5.26 Å². The van der Waals surface area contributed by atoms with Gasteiger partial charge in [-0.1, -0.05) is 63.2 Å². The Morgan fingerprint density at radius 3 is 2.41 bits per heavy atom. The zero-order valence-electron chi connectivity index (χ0n) is 18.9. The highest BCUT2D eigenvalue weighted by atomic mass is 32.1. The maximum atomic E-state index is 13.3. The van der Waals surface area contributed by atoms with Gasteiger partial charge in [-0.15, -0.1) is 11.3 Å². The van der Waals surface area contributed by atoms with Gasteiger partial charge in [0, 0.05) is 15.8 Å². The number of benzene rings is 2. The topological polar surface area (TPSA) is 65.8 Å². The average Bonchev–Trinajstić information content (AvgIpc) is 3.04. The number of rotatable bonds is 3. The number of aryl methyl sites for hydroxylation is 1. The SMILES string of the molecule is Cc1sc(NC(=O)c2cc(-c3ccc(C(C)(C)C)cc3)nc3ccccc23)c(C#N)c1C. The minimum absolute atomic E-state index is 0.0653. The standard InChI is InChI=1S/C27H25N3OS/c1-16-17(2)32-26(22(16)15-28)30-25(31)21-14-24(29-23-9-7-6-8-20(21)23)18-10-12-19(13-11-18)27(3,4)5/h6-14H,1-5H3,(H,30,31). The number of carbonyl (C=O) groups excluding carboxylic acids is 1. The molecule has 0 radical (unpaired) electrons. The number of nitriles is 1. The molecule has 1 amide bonds. The second-order valence-corrected chi connectivity index (χ2v) is 10.2. The highest BCUT2D eigenvalue weighted by Gasteiger charge is 2.19. The summed E-state index contributed by atoms with van der Waals surface area (Å²) in [6, 6.07) is 20.0. The van der Waals surface area contributed by atoms with E-state index in [1.165, 1.54) is 16.9 Å². The van der Waals surface area contributed by atoms with E-state index < -0.39 is 0 Å². The molecule has 5 heteroatoms. The molecule has 160 valence electrons. The lowest BCUT2D eigenvalue weighted by Gasteiger charge is -2.19. The van der Waals surface area contributed by atoms with E-state index in [2.05, 4.69) is 56.4 Å². The molecular weight excluding hydrogens is 414 g/mol. The predicted octanol–water partition coefficient (Wildman–Crippen LogP) is 7.00. The molecule has 32 heavy (non-hydrogen) atoms. The fourth-order valence-electron chi connectivity index (χ4n) is 3.67. The van der Waals surface area contributed by atoms with Crippen molar-refractivity contribution in [3.05, 3.63) is 81.7 Å². The minimum Gasteiger partial charge on any atom is -0.312 e. The third-order valence-corrected chi connectivity index (χ3v) is 6.85. The van der Waals surface area contributed by atoms with Crippen LogP contribution in [0.1, 0.15) is 52.7 Å². The van der Waals surface area contributed by atoms with E-state index >= 15 is 0 Å². The maximum Gasteiger partial charge on any atom is 0.257 e. The zero-order chi connectivity index (χ0) is 23.0. The summed E-state index contributed by atoms with van der Waals surface area (Å²) in [4.78, 5) is 19.2. The number of hydrogen-bond donors (Lipinski definition) is 1. The molecule has 0 saturated carbocycles. The van der Waals surface area contributed by atoms with Crippen LogP contribution in [0.25, 0.3) is 22.2 Å². The predicted molar refractivity (Wildman–Crippen MR) is 132 cm³/mol. The highest BCUT2D eigenvalue weighted by molar-refractivity contribution is 7.16. The Balaban J connectivity index is 1.79. The molecule has 0 spiro atoms. The molecule has 4 rings (SSSR count). The van der Waals surface area contributed by atoms with Crippen LogP contribution < -0.4 is 5.32 Å². The number of thiophene rings is 1. The second kappa shape index (κ2) is 8.22. The summed E-state index contributed by atoms with van der Waals surface area (Å²) in [6.07, 6.45) is 0. The summed E-state index contributed by atoms with van der Waals surface area (Å²) in [7, 11) is 0. The quantitative estimate of drug-likeness (QED) is 0.374. The zero-order valence-corrected chi connectivity index (χ0v) is 19.7. The Kier molecular flexibility index (Phi) is 5.58. The van der Waals surface area contributed by atoms with E-state index in [9.17, 15) is 10.1 Å². The summed E-state index contributed by atoms with van der Waals surface area (Å²) < 4.78 is 0. The Morgan fingerprint density at radius 1 is 1.06 bits per heavy atom. The van der Waals surface area contributed by atoms with Crippen LogP contribution in [0, 0.1) is 25.2 Å². The van der Waals surface area contributed by atoms with Crippen LogP contribution in [-0.2, 0) is 5.41 Å². The van der Waals surface area contributed by atoms with Crippen molar-refractivity contribution in [3.8, 4) is 17.3 Å². The van der Waals surface area contributed by atoms with Gasteiger partial charge < -0.3 is 5.32 Å². The average molecular weight is 440 g/mol. The van der Waals surface area contributed by atoms with Crippen molar-refractivity contribution < 1.29 is 4.79 Å². The highest BCUT2D eigenvalue weighted by Crippen LogP contribution is 2.33. The number of hydrogen-bond acceptors (Lipinski definition) is 4. The van der Waals surface area contributed by atoms with Crippen LogP contribution >= 0.6 is 11.3 Å². The molecule has 0 fully saturated rings. The van der Waals surface area contributed by atoms with Gasteiger partial charge in [-0.2, -0.15) is 5.26 Å². The summed E-state index contributed by atoms with van der Waals surface area (Å²) in [5.74, 6) is -0.242. The van der Waals surface area contributed by atoms with Gasteiger partial charge in [0.2, 0.25) is 0 Å². The summed E-state index contributed by atoms with van der Waals surface area (Å²) >= 11 is 1.43. The van der Waals surface area contributed by atoms with E-state index in [-0.39, 0.29) is 11.3 Å². The third-order valence-electron chi connectivity index (χ3n) is 5.73. The lowest BCUT2D eigenvalue weighted by atomic mass is 9.86. The van der Waals surface area contributed by atoms with Crippen LogP contribution in [0.2, 0.25) is 0 Å². The molecular formula is C27H25N3OS. The van der Waals surface area contributed by atoms with Gasteiger partial charge in [-0.05, 0) is 42.5 Å². The molecule has 4 aromatic rings. The first kappa shape index (κ1) is 21.7. The lowest BCUT2D eigenvalue weighted by Crippen LogP contribution is -2.13. The van der Waals surface area contributed by atoms with E-state index in [0.717, 1.165) is 32.6 Å². The first-order chi connectivity index (χ1) is 15.2. The van der Waals surface area contributed by atoms with Gasteiger partial charge in [0.1, 0.15) is 11.1 Å².